The van der Waals surface area contributed by atoms with Crippen molar-refractivity contribution >= 4 is 16.6 Å². The molecule has 0 fully saturated rings. The van der Waals surface area contributed by atoms with Crippen LogP contribution in [0.1, 0.15) is 0 Å². The van der Waals surface area contributed by atoms with E-state index < -0.39 is 0 Å². The van der Waals surface area contributed by atoms with Crippen LogP contribution in [0.3, 0.4) is 0 Å². The lowest BCUT2D eigenvalue weighted by atomic mass is 10.0. The Morgan fingerprint density at radius 1 is 0.950 bits per heavy atom. The minimum Gasteiger partial charge on any atom is -0.497 e. The maximum Gasteiger partial charge on any atom is 0.152 e. The van der Waals surface area contributed by atoms with Gasteiger partial charge < -0.3 is 10.1 Å². The fraction of sp³-hybridized carbons (Fsp3) is 0.125. The van der Waals surface area contributed by atoms with E-state index in [1.54, 1.807) is 19.5 Å². The molecule has 0 aliphatic heterocycles. The SMILES string of the molecule is CNc1nccnc1-c1ccc2cc(OC)ccc2c1. The van der Waals surface area contributed by atoms with E-state index in [0.29, 0.717) is 0 Å². The Balaban J connectivity index is 2.13. The standard InChI is InChI=1S/C16H15N3O/c1-17-16-15(18-7-8-19-16)13-4-3-12-10-14(20-2)6-5-11(12)9-13/h3-10H,1-2H3,(H,17,19). The third-order valence-electron chi connectivity index (χ3n) is 3.26. The van der Waals surface area contributed by atoms with Crippen molar-refractivity contribution in [1.82, 2.24) is 9.97 Å². The van der Waals surface area contributed by atoms with Crippen LogP contribution < -0.4 is 10.1 Å². The summed E-state index contributed by atoms with van der Waals surface area (Å²) in [4.78, 5) is 8.70. The summed E-state index contributed by atoms with van der Waals surface area (Å²) in [5.74, 6) is 1.64. The largest absolute Gasteiger partial charge is 0.497 e. The van der Waals surface area contributed by atoms with Crippen molar-refractivity contribution in [3.05, 3.63) is 48.8 Å². The summed E-state index contributed by atoms with van der Waals surface area (Å²) in [5, 5.41) is 5.36. The molecule has 1 heterocycles. The van der Waals surface area contributed by atoms with E-state index in [9.17, 15) is 0 Å². The van der Waals surface area contributed by atoms with Gasteiger partial charge in [-0.3, -0.25) is 4.98 Å². The van der Waals surface area contributed by atoms with Crippen molar-refractivity contribution in [2.75, 3.05) is 19.5 Å². The Labute approximate surface area is 117 Å². The van der Waals surface area contributed by atoms with E-state index >= 15 is 0 Å². The highest BCUT2D eigenvalue weighted by molar-refractivity contribution is 5.89. The lowest BCUT2D eigenvalue weighted by Gasteiger charge is -2.08. The molecular formula is C16H15N3O. The summed E-state index contributed by atoms with van der Waals surface area (Å²) >= 11 is 0. The Morgan fingerprint density at radius 2 is 1.70 bits per heavy atom. The van der Waals surface area contributed by atoms with E-state index in [1.807, 2.05) is 31.3 Å². The molecule has 1 N–H and O–H groups in total. The Kier molecular flexibility index (Phi) is 3.21. The summed E-state index contributed by atoms with van der Waals surface area (Å²) in [6.45, 7) is 0. The molecule has 0 atom stereocenters. The van der Waals surface area contributed by atoms with Gasteiger partial charge in [0.15, 0.2) is 5.82 Å². The summed E-state index contributed by atoms with van der Waals surface area (Å²) in [6.07, 6.45) is 3.38. The molecule has 0 saturated carbocycles. The van der Waals surface area contributed by atoms with Gasteiger partial charge >= 0.3 is 0 Å². The number of anilines is 1. The predicted molar refractivity (Wildman–Crippen MR) is 81.1 cm³/mol. The molecule has 0 amide bonds. The molecule has 0 unspecified atom stereocenters. The van der Waals surface area contributed by atoms with Gasteiger partial charge in [-0.2, -0.15) is 0 Å². The zero-order valence-corrected chi connectivity index (χ0v) is 11.4. The summed E-state index contributed by atoms with van der Waals surface area (Å²) in [7, 11) is 3.52. The molecule has 0 bridgehead atoms. The minimum absolute atomic E-state index is 0.778. The van der Waals surface area contributed by atoms with Crippen LogP contribution in [-0.4, -0.2) is 24.1 Å². The lowest BCUT2D eigenvalue weighted by molar-refractivity contribution is 0.415. The molecule has 0 saturated heterocycles. The van der Waals surface area contributed by atoms with Crippen molar-refractivity contribution in [1.29, 1.82) is 0 Å². The second-order valence-electron chi connectivity index (χ2n) is 4.43. The molecule has 20 heavy (non-hydrogen) atoms. The third-order valence-corrected chi connectivity index (χ3v) is 3.26. The van der Waals surface area contributed by atoms with E-state index in [2.05, 4.69) is 27.4 Å². The highest BCUT2D eigenvalue weighted by Gasteiger charge is 2.07. The first-order chi connectivity index (χ1) is 9.81. The van der Waals surface area contributed by atoms with Crippen molar-refractivity contribution in [3.63, 3.8) is 0 Å². The van der Waals surface area contributed by atoms with Gasteiger partial charge in [-0.15, -0.1) is 0 Å². The highest BCUT2D eigenvalue weighted by atomic mass is 16.5. The molecule has 4 heteroatoms. The number of ether oxygens (including phenoxy) is 1. The van der Waals surface area contributed by atoms with Gasteiger partial charge in [0.05, 0.1) is 7.11 Å². The van der Waals surface area contributed by atoms with Crippen molar-refractivity contribution in [3.8, 4) is 17.0 Å². The second-order valence-corrected chi connectivity index (χ2v) is 4.43. The van der Waals surface area contributed by atoms with Crippen LogP contribution in [0.15, 0.2) is 48.8 Å². The second kappa shape index (κ2) is 5.17. The molecular weight excluding hydrogens is 250 g/mol. The molecule has 3 aromatic rings. The van der Waals surface area contributed by atoms with Gasteiger partial charge in [-0.05, 0) is 29.0 Å². The summed E-state index contributed by atoms with van der Waals surface area (Å²) in [6, 6.07) is 12.3. The van der Waals surface area contributed by atoms with Crippen LogP contribution in [0.4, 0.5) is 5.82 Å². The van der Waals surface area contributed by atoms with Crippen molar-refractivity contribution in [2.24, 2.45) is 0 Å². The van der Waals surface area contributed by atoms with Crippen molar-refractivity contribution < 1.29 is 4.74 Å². The smallest absolute Gasteiger partial charge is 0.152 e. The first-order valence-electron chi connectivity index (χ1n) is 6.39. The predicted octanol–water partition coefficient (Wildman–Crippen LogP) is 3.35. The molecule has 0 aliphatic rings. The lowest BCUT2D eigenvalue weighted by Crippen LogP contribution is -1.97. The Morgan fingerprint density at radius 3 is 2.50 bits per heavy atom. The molecule has 0 aliphatic carbocycles. The number of fused-ring (bicyclic) bond motifs is 1. The topological polar surface area (TPSA) is 47.0 Å². The van der Waals surface area contributed by atoms with Gasteiger partial charge in [-0.1, -0.05) is 18.2 Å². The fourth-order valence-electron chi connectivity index (χ4n) is 2.23. The van der Waals surface area contributed by atoms with E-state index in [4.69, 9.17) is 4.74 Å². The Bertz CT molecular complexity index is 756. The minimum atomic E-state index is 0.778. The average molecular weight is 265 g/mol. The van der Waals surface area contributed by atoms with Crippen LogP contribution in [0.5, 0.6) is 5.75 Å². The van der Waals surface area contributed by atoms with E-state index in [-0.39, 0.29) is 0 Å². The maximum absolute atomic E-state index is 5.24. The quantitative estimate of drug-likeness (QED) is 0.789. The Hall–Kier alpha value is -2.62. The number of benzene rings is 2. The van der Waals surface area contributed by atoms with Gasteiger partial charge in [0.25, 0.3) is 0 Å². The normalized spacial score (nSPS) is 10.5. The van der Waals surface area contributed by atoms with Crippen LogP contribution in [-0.2, 0) is 0 Å². The molecule has 100 valence electrons. The van der Waals surface area contributed by atoms with Crippen LogP contribution in [0.2, 0.25) is 0 Å². The molecule has 4 nitrogen and oxygen atoms in total. The number of nitrogens with one attached hydrogen (secondary N) is 1. The molecule has 2 aromatic carbocycles. The number of methoxy groups -OCH3 is 1. The number of rotatable bonds is 3. The third kappa shape index (κ3) is 2.16. The van der Waals surface area contributed by atoms with E-state index in [1.165, 1.54) is 0 Å². The van der Waals surface area contributed by atoms with Gasteiger partial charge in [0.1, 0.15) is 11.4 Å². The first kappa shape index (κ1) is 12.4. The molecule has 0 radical (unpaired) electrons. The molecule has 1 aromatic heterocycles. The van der Waals surface area contributed by atoms with Gasteiger partial charge in [0, 0.05) is 25.0 Å². The van der Waals surface area contributed by atoms with Crippen LogP contribution in [0.25, 0.3) is 22.0 Å². The number of aromatic nitrogens is 2. The summed E-state index contributed by atoms with van der Waals surface area (Å²) in [5.41, 5.74) is 1.90. The fourth-order valence-corrected chi connectivity index (χ4v) is 2.23. The zero-order chi connectivity index (χ0) is 13.9. The summed E-state index contributed by atoms with van der Waals surface area (Å²) < 4.78 is 5.24. The van der Waals surface area contributed by atoms with Gasteiger partial charge in [-0.25, -0.2) is 4.98 Å². The zero-order valence-electron chi connectivity index (χ0n) is 11.4. The molecule has 0 spiro atoms. The maximum atomic E-state index is 5.24. The number of nitrogens with zero attached hydrogens (tertiary/aromatic N) is 2. The average Bonchev–Trinajstić information content (AvgIpc) is 2.53. The van der Waals surface area contributed by atoms with Crippen molar-refractivity contribution in [2.45, 2.75) is 0 Å². The van der Waals surface area contributed by atoms with Gasteiger partial charge in [0.2, 0.25) is 0 Å². The monoisotopic (exact) mass is 265 g/mol. The number of hydrogen-bond acceptors (Lipinski definition) is 4. The van der Waals surface area contributed by atoms with Crippen LogP contribution >= 0.6 is 0 Å². The van der Waals surface area contributed by atoms with E-state index in [0.717, 1.165) is 33.6 Å². The molecule has 3 rings (SSSR count). The highest BCUT2D eigenvalue weighted by Crippen LogP contribution is 2.28. The first-order valence-corrected chi connectivity index (χ1v) is 6.39. The number of hydrogen-bond donors (Lipinski definition) is 1. The van der Waals surface area contributed by atoms with Crippen LogP contribution in [0, 0.1) is 0 Å².